The number of esters is 1. The lowest BCUT2D eigenvalue weighted by Crippen LogP contribution is -2.26. The summed E-state index contributed by atoms with van der Waals surface area (Å²) in [6.45, 7) is 5.91. The normalized spacial score (nSPS) is 12.2. The standard InChI is InChI=1S/C13H18O3S/c1-4-6-10(13(15)16-5-2)12(14)11-8-17-7-9(11)3/h7-8,10H,4-6H2,1-3H3. The molecule has 0 aromatic carbocycles. The van der Waals surface area contributed by atoms with Crippen LogP contribution in [-0.4, -0.2) is 18.4 Å². The van der Waals surface area contributed by atoms with Crippen molar-refractivity contribution in [2.75, 3.05) is 6.61 Å². The van der Waals surface area contributed by atoms with E-state index in [-0.39, 0.29) is 5.78 Å². The number of thiophene rings is 1. The summed E-state index contributed by atoms with van der Waals surface area (Å²) in [6, 6.07) is 0. The highest BCUT2D eigenvalue weighted by molar-refractivity contribution is 7.08. The third-order valence-electron chi connectivity index (χ3n) is 2.59. The first kappa shape index (κ1) is 13.9. The molecule has 0 aliphatic carbocycles. The van der Waals surface area contributed by atoms with Crippen LogP contribution in [0.3, 0.4) is 0 Å². The van der Waals surface area contributed by atoms with Gasteiger partial charge in [0.2, 0.25) is 0 Å². The van der Waals surface area contributed by atoms with Crippen molar-refractivity contribution in [2.24, 2.45) is 5.92 Å². The Labute approximate surface area is 106 Å². The minimum atomic E-state index is -0.645. The Kier molecular flexibility index (Phi) is 5.35. The highest BCUT2D eigenvalue weighted by atomic mass is 32.1. The molecule has 94 valence electrons. The van der Waals surface area contributed by atoms with E-state index in [0.717, 1.165) is 12.0 Å². The lowest BCUT2D eigenvalue weighted by Gasteiger charge is -2.13. The van der Waals surface area contributed by atoms with E-state index in [9.17, 15) is 9.59 Å². The molecule has 0 spiro atoms. The van der Waals surface area contributed by atoms with Crippen LogP contribution < -0.4 is 0 Å². The maximum absolute atomic E-state index is 12.2. The van der Waals surface area contributed by atoms with Crippen LogP contribution in [0.1, 0.15) is 42.6 Å². The Morgan fingerprint density at radius 3 is 2.53 bits per heavy atom. The lowest BCUT2D eigenvalue weighted by molar-refractivity contribution is -0.146. The largest absolute Gasteiger partial charge is 0.465 e. The number of Topliss-reactive ketones (excluding diaryl/α,β-unsaturated/α-hetero) is 1. The van der Waals surface area contributed by atoms with Crippen molar-refractivity contribution < 1.29 is 14.3 Å². The summed E-state index contributed by atoms with van der Waals surface area (Å²) in [6.07, 6.45) is 1.34. The van der Waals surface area contributed by atoms with Crippen molar-refractivity contribution in [3.8, 4) is 0 Å². The van der Waals surface area contributed by atoms with Crippen molar-refractivity contribution in [1.82, 2.24) is 0 Å². The molecular formula is C13H18O3S. The first-order chi connectivity index (χ1) is 8.11. The Balaban J connectivity index is 2.88. The summed E-state index contributed by atoms with van der Waals surface area (Å²) in [4.78, 5) is 24.0. The van der Waals surface area contributed by atoms with Gasteiger partial charge in [0, 0.05) is 10.9 Å². The van der Waals surface area contributed by atoms with Crippen LogP contribution in [0, 0.1) is 12.8 Å². The lowest BCUT2D eigenvalue weighted by atomic mass is 9.93. The Hall–Kier alpha value is -1.16. The van der Waals surface area contributed by atoms with Crippen LogP contribution in [0.4, 0.5) is 0 Å². The van der Waals surface area contributed by atoms with Gasteiger partial charge in [0.25, 0.3) is 0 Å². The summed E-state index contributed by atoms with van der Waals surface area (Å²) in [5.41, 5.74) is 1.59. The summed E-state index contributed by atoms with van der Waals surface area (Å²) >= 11 is 1.48. The van der Waals surface area contributed by atoms with Crippen LogP contribution in [0.2, 0.25) is 0 Å². The molecule has 1 aromatic heterocycles. The third kappa shape index (κ3) is 3.40. The van der Waals surface area contributed by atoms with Gasteiger partial charge in [-0.2, -0.15) is 11.3 Å². The number of hydrogen-bond acceptors (Lipinski definition) is 4. The van der Waals surface area contributed by atoms with Crippen LogP contribution in [0.15, 0.2) is 10.8 Å². The van der Waals surface area contributed by atoms with Gasteiger partial charge >= 0.3 is 5.97 Å². The molecule has 0 aliphatic rings. The smallest absolute Gasteiger partial charge is 0.316 e. The number of ether oxygens (including phenoxy) is 1. The van der Waals surface area contributed by atoms with Crippen molar-refractivity contribution in [1.29, 1.82) is 0 Å². The van der Waals surface area contributed by atoms with Crippen molar-refractivity contribution in [2.45, 2.75) is 33.6 Å². The molecule has 0 bridgehead atoms. The van der Waals surface area contributed by atoms with Gasteiger partial charge in [0.1, 0.15) is 5.92 Å². The average molecular weight is 254 g/mol. The molecule has 0 saturated carbocycles. The predicted octanol–water partition coefficient (Wildman–Crippen LogP) is 3.22. The van der Waals surface area contributed by atoms with Gasteiger partial charge in [0.15, 0.2) is 5.78 Å². The maximum atomic E-state index is 12.2. The number of aryl methyl sites for hydroxylation is 1. The van der Waals surface area contributed by atoms with E-state index >= 15 is 0 Å². The quantitative estimate of drug-likeness (QED) is 0.445. The van der Waals surface area contributed by atoms with E-state index in [1.807, 2.05) is 19.2 Å². The van der Waals surface area contributed by atoms with Crippen molar-refractivity contribution >= 4 is 23.1 Å². The Bertz CT molecular complexity index is 395. The minimum Gasteiger partial charge on any atom is -0.465 e. The second-order valence-corrected chi connectivity index (χ2v) is 4.67. The van der Waals surface area contributed by atoms with Gasteiger partial charge in [-0.1, -0.05) is 13.3 Å². The number of hydrogen-bond donors (Lipinski definition) is 0. The molecular weight excluding hydrogens is 236 g/mol. The molecule has 1 unspecified atom stereocenters. The van der Waals surface area contributed by atoms with Crippen LogP contribution >= 0.6 is 11.3 Å². The molecule has 1 heterocycles. The average Bonchev–Trinajstić information content (AvgIpc) is 2.71. The van der Waals surface area contributed by atoms with Gasteiger partial charge in [-0.25, -0.2) is 0 Å². The monoisotopic (exact) mass is 254 g/mol. The third-order valence-corrected chi connectivity index (χ3v) is 3.45. The van der Waals surface area contributed by atoms with E-state index in [1.165, 1.54) is 11.3 Å². The zero-order valence-electron chi connectivity index (χ0n) is 10.5. The first-order valence-electron chi connectivity index (χ1n) is 5.85. The molecule has 1 atom stereocenters. The Morgan fingerprint density at radius 2 is 2.06 bits per heavy atom. The fourth-order valence-electron chi connectivity index (χ4n) is 1.69. The van der Waals surface area contributed by atoms with E-state index in [4.69, 9.17) is 4.74 Å². The molecule has 1 rings (SSSR count). The molecule has 3 nitrogen and oxygen atoms in total. The highest BCUT2D eigenvalue weighted by Gasteiger charge is 2.29. The molecule has 0 saturated heterocycles. The van der Waals surface area contributed by atoms with Gasteiger partial charge in [-0.15, -0.1) is 0 Å². The maximum Gasteiger partial charge on any atom is 0.316 e. The zero-order valence-corrected chi connectivity index (χ0v) is 11.3. The topological polar surface area (TPSA) is 43.4 Å². The number of rotatable bonds is 6. The molecule has 0 fully saturated rings. The molecule has 0 radical (unpaired) electrons. The van der Waals surface area contributed by atoms with E-state index in [0.29, 0.717) is 18.6 Å². The molecule has 0 aliphatic heterocycles. The van der Waals surface area contributed by atoms with Gasteiger partial charge in [0.05, 0.1) is 6.61 Å². The Morgan fingerprint density at radius 1 is 1.35 bits per heavy atom. The number of carbonyl (C=O) groups is 2. The SMILES string of the molecule is CCCC(C(=O)OCC)C(=O)c1cscc1C. The minimum absolute atomic E-state index is 0.107. The van der Waals surface area contributed by atoms with E-state index < -0.39 is 11.9 Å². The number of ketones is 1. The second-order valence-electron chi connectivity index (χ2n) is 3.93. The molecule has 17 heavy (non-hydrogen) atoms. The molecule has 4 heteroatoms. The molecule has 0 N–H and O–H groups in total. The van der Waals surface area contributed by atoms with Crippen LogP contribution in [-0.2, 0) is 9.53 Å². The molecule has 1 aromatic rings. The fraction of sp³-hybridized carbons (Fsp3) is 0.538. The van der Waals surface area contributed by atoms with E-state index in [1.54, 1.807) is 12.3 Å². The van der Waals surface area contributed by atoms with Gasteiger partial charge in [-0.3, -0.25) is 9.59 Å². The fourth-order valence-corrected chi connectivity index (χ4v) is 2.53. The number of carbonyl (C=O) groups excluding carboxylic acids is 2. The van der Waals surface area contributed by atoms with E-state index in [2.05, 4.69) is 0 Å². The van der Waals surface area contributed by atoms with Gasteiger partial charge < -0.3 is 4.74 Å². The van der Waals surface area contributed by atoms with Gasteiger partial charge in [-0.05, 0) is 31.2 Å². The summed E-state index contributed by atoms with van der Waals surface area (Å²) in [7, 11) is 0. The summed E-state index contributed by atoms with van der Waals surface area (Å²) < 4.78 is 4.96. The van der Waals surface area contributed by atoms with Crippen LogP contribution in [0.25, 0.3) is 0 Å². The molecule has 0 amide bonds. The van der Waals surface area contributed by atoms with Crippen LogP contribution in [0.5, 0.6) is 0 Å². The zero-order chi connectivity index (χ0) is 12.8. The predicted molar refractivity (Wildman–Crippen MR) is 68.4 cm³/mol. The first-order valence-corrected chi connectivity index (χ1v) is 6.79. The van der Waals surface area contributed by atoms with Crippen molar-refractivity contribution in [3.05, 3.63) is 21.9 Å². The second kappa shape index (κ2) is 6.55. The highest BCUT2D eigenvalue weighted by Crippen LogP contribution is 2.21. The summed E-state index contributed by atoms with van der Waals surface area (Å²) in [5.74, 6) is -1.15. The summed E-state index contributed by atoms with van der Waals surface area (Å²) in [5, 5.41) is 3.72. The van der Waals surface area contributed by atoms with Crippen molar-refractivity contribution in [3.63, 3.8) is 0 Å².